The van der Waals surface area contributed by atoms with Gasteiger partial charge in [-0.3, -0.25) is 9.69 Å². The Hall–Kier alpha value is -1.39. The minimum atomic E-state index is -0.0622. The lowest BCUT2D eigenvalue weighted by Crippen LogP contribution is -2.38. The summed E-state index contributed by atoms with van der Waals surface area (Å²) in [5.41, 5.74) is 2.14. The van der Waals surface area contributed by atoms with Crippen molar-refractivity contribution in [2.45, 2.75) is 32.9 Å². The van der Waals surface area contributed by atoms with Gasteiger partial charge in [-0.25, -0.2) is 0 Å². The predicted octanol–water partition coefficient (Wildman–Crippen LogP) is 1.95. The van der Waals surface area contributed by atoms with Crippen LogP contribution in [0.3, 0.4) is 0 Å². The van der Waals surface area contributed by atoms with Gasteiger partial charge in [0.2, 0.25) is 0 Å². The van der Waals surface area contributed by atoms with Crippen LogP contribution in [-0.4, -0.2) is 35.7 Å². The van der Waals surface area contributed by atoms with Crippen molar-refractivity contribution in [1.29, 1.82) is 0 Å². The molecule has 110 valence electrons. The fourth-order valence-corrected chi connectivity index (χ4v) is 2.66. The molecule has 20 heavy (non-hydrogen) atoms. The third-order valence-corrected chi connectivity index (χ3v) is 3.74. The molecule has 1 unspecified atom stereocenters. The number of likely N-dealkylation sites (tertiary alicyclic amines) is 1. The molecule has 2 rings (SSSR count). The number of hydrogen-bond donors (Lipinski definition) is 1. The first-order valence-corrected chi connectivity index (χ1v) is 7.30. The first kappa shape index (κ1) is 15.0. The Labute approximate surface area is 120 Å². The van der Waals surface area contributed by atoms with Crippen LogP contribution < -0.4 is 0 Å². The number of carbonyl (C=O) groups excluding carboxylic acids is 1. The number of esters is 1. The van der Waals surface area contributed by atoms with Gasteiger partial charge in [0.1, 0.15) is 0 Å². The molecular weight excluding hydrogens is 254 g/mol. The van der Waals surface area contributed by atoms with Crippen molar-refractivity contribution in [1.82, 2.24) is 4.90 Å². The summed E-state index contributed by atoms with van der Waals surface area (Å²) in [6.07, 6.45) is 1.97. The van der Waals surface area contributed by atoms with Gasteiger partial charge < -0.3 is 9.84 Å². The molecule has 4 heteroatoms. The Morgan fingerprint density at radius 2 is 2.05 bits per heavy atom. The van der Waals surface area contributed by atoms with E-state index in [2.05, 4.69) is 4.90 Å². The van der Waals surface area contributed by atoms with Crippen LogP contribution in [0, 0.1) is 5.92 Å². The number of carbonyl (C=O) groups is 1. The van der Waals surface area contributed by atoms with Gasteiger partial charge in [0, 0.05) is 13.1 Å². The zero-order valence-electron chi connectivity index (χ0n) is 12.0. The highest BCUT2D eigenvalue weighted by molar-refractivity contribution is 5.72. The fraction of sp³-hybridized carbons (Fsp3) is 0.562. The highest BCUT2D eigenvalue weighted by atomic mass is 16.5. The van der Waals surface area contributed by atoms with Crippen LogP contribution in [-0.2, 0) is 22.7 Å². The van der Waals surface area contributed by atoms with Crippen LogP contribution >= 0.6 is 0 Å². The smallest absolute Gasteiger partial charge is 0.310 e. The number of ether oxygens (including phenoxy) is 1. The lowest BCUT2D eigenvalue weighted by molar-refractivity contribution is -0.150. The molecule has 1 aliphatic heterocycles. The minimum absolute atomic E-state index is 0.0143. The SMILES string of the molecule is CCOC(=O)C1CCCN(Cc2ccc(CO)cc2)C1. The predicted molar refractivity (Wildman–Crippen MR) is 77.0 cm³/mol. The molecular formula is C16H23NO3. The quantitative estimate of drug-likeness (QED) is 0.836. The van der Waals surface area contributed by atoms with Crippen molar-refractivity contribution in [3.63, 3.8) is 0 Å². The lowest BCUT2D eigenvalue weighted by Gasteiger charge is -2.31. The largest absolute Gasteiger partial charge is 0.466 e. The maximum absolute atomic E-state index is 11.8. The van der Waals surface area contributed by atoms with Crippen LogP contribution in [0.2, 0.25) is 0 Å². The van der Waals surface area contributed by atoms with Gasteiger partial charge in [-0.15, -0.1) is 0 Å². The van der Waals surface area contributed by atoms with Crippen LogP contribution in [0.1, 0.15) is 30.9 Å². The van der Waals surface area contributed by atoms with Crippen molar-refractivity contribution >= 4 is 5.97 Å². The van der Waals surface area contributed by atoms with Gasteiger partial charge in [0.15, 0.2) is 0 Å². The molecule has 1 aromatic carbocycles. The van der Waals surface area contributed by atoms with E-state index in [-0.39, 0.29) is 18.5 Å². The molecule has 1 heterocycles. The van der Waals surface area contributed by atoms with E-state index in [1.54, 1.807) is 0 Å². The van der Waals surface area contributed by atoms with E-state index in [1.807, 2.05) is 31.2 Å². The van der Waals surface area contributed by atoms with Gasteiger partial charge in [0.05, 0.1) is 19.1 Å². The summed E-state index contributed by atoms with van der Waals surface area (Å²) in [4.78, 5) is 14.1. The highest BCUT2D eigenvalue weighted by Crippen LogP contribution is 2.20. The summed E-state index contributed by atoms with van der Waals surface area (Å²) in [5.74, 6) is -0.0479. The van der Waals surface area contributed by atoms with Crippen molar-refractivity contribution in [2.24, 2.45) is 5.92 Å². The van der Waals surface area contributed by atoms with E-state index in [9.17, 15) is 4.79 Å². The summed E-state index contributed by atoms with van der Waals surface area (Å²) >= 11 is 0. The number of nitrogens with zero attached hydrogens (tertiary/aromatic N) is 1. The maximum atomic E-state index is 11.8. The first-order valence-electron chi connectivity index (χ1n) is 7.30. The number of rotatable bonds is 5. The molecule has 1 aromatic rings. The Morgan fingerprint density at radius 1 is 1.35 bits per heavy atom. The van der Waals surface area contributed by atoms with E-state index < -0.39 is 0 Å². The molecule has 0 aliphatic carbocycles. The topological polar surface area (TPSA) is 49.8 Å². The normalized spacial score (nSPS) is 19.8. The molecule has 0 radical (unpaired) electrons. The Bertz CT molecular complexity index is 430. The molecule has 1 N–H and O–H groups in total. The van der Waals surface area contributed by atoms with E-state index >= 15 is 0 Å². The first-order chi connectivity index (χ1) is 9.72. The molecule has 0 saturated carbocycles. The summed E-state index contributed by atoms with van der Waals surface area (Å²) in [6, 6.07) is 7.98. The fourth-order valence-electron chi connectivity index (χ4n) is 2.66. The summed E-state index contributed by atoms with van der Waals surface area (Å²) < 4.78 is 5.12. The number of aliphatic hydroxyl groups excluding tert-OH is 1. The molecule has 1 fully saturated rings. The van der Waals surface area contributed by atoms with Gasteiger partial charge in [-0.05, 0) is 37.4 Å². The van der Waals surface area contributed by atoms with Crippen molar-refractivity contribution < 1.29 is 14.6 Å². The summed E-state index contributed by atoms with van der Waals surface area (Å²) in [5, 5.41) is 9.03. The van der Waals surface area contributed by atoms with E-state index in [0.29, 0.717) is 6.61 Å². The Morgan fingerprint density at radius 3 is 2.70 bits per heavy atom. The summed E-state index contributed by atoms with van der Waals surface area (Å²) in [7, 11) is 0. The number of aliphatic hydroxyl groups is 1. The molecule has 0 aromatic heterocycles. The van der Waals surface area contributed by atoms with Crippen LogP contribution in [0.5, 0.6) is 0 Å². The van der Waals surface area contributed by atoms with E-state index in [0.717, 1.165) is 38.0 Å². The second kappa shape index (κ2) is 7.41. The number of hydrogen-bond acceptors (Lipinski definition) is 4. The Kier molecular flexibility index (Phi) is 5.56. The third-order valence-electron chi connectivity index (χ3n) is 3.74. The molecule has 4 nitrogen and oxygen atoms in total. The second-order valence-corrected chi connectivity index (χ2v) is 5.30. The average molecular weight is 277 g/mol. The monoisotopic (exact) mass is 277 g/mol. The van der Waals surface area contributed by atoms with E-state index in [1.165, 1.54) is 5.56 Å². The van der Waals surface area contributed by atoms with Gasteiger partial charge in [-0.1, -0.05) is 24.3 Å². The van der Waals surface area contributed by atoms with Crippen LogP contribution in [0.4, 0.5) is 0 Å². The maximum Gasteiger partial charge on any atom is 0.310 e. The standard InChI is InChI=1S/C16H23NO3/c1-2-20-16(19)15-4-3-9-17(11-15)10-13-5-7-14(12-18)8-6-13/h5-8,15,18H,2-4,9-12H2,1H3. The minimum Gasteiger partial charge on any atom is -0.466 e. The number of piperidine rings is 1. The van der Waals surface area contributed by atoms with Crippen LogP contribution in [0.15, 0.2) is 24.3 Å². The molecule has 1 saturated heterocycles. The zero-order valence-corrected chi connectivity index (χ0v) is 12.0. The summed E-state index contributed by atoms with van der Waals surface area (Å²) in [6.45, 7) is 5.04. The van der Waals surface area contributed by atoms with Crippen molar-refractivity contribution in [2.75, 3.05) is 19.7 Å². The van der Waals surface area contributed by atoms with Gasteiger partial charge in [-0.2, -0.15) is 0 Å². The lowest BCUT2D eigenvalue weighted by atomic mass is 9.97. The zero-order chi connectivity index (χ0) is 14.4. The van der Waals surface area contributed by atoms with Gasteiger partial charge in [0.25, 0.3) is 0 Å². The number of benzene rings is 1. The second-order valence-electron chi connectivity index (χ2n) is 5.30. The molecule has 1 atom stereocenters. The molecule has 0 bridgehead atoms. The van der Waals surface area contributed by atoms with Crippen LogP contribution in [0.25, 0.3) is 0 Å². The third kappa shape index (κ3) is 4.05. The molecule has 1 aliphatic rings. The Balaban J connectivity index is 1.90. The van der Waals surface area contributed by atoms with Gasteiger partial charge >= 0.3 is 5.97 Å². The molecule has 0 amide bonds. The van der Waals surface area contributed by atoms with Crippen molar-refractivity contribution in [3.8, 4) is 0 Å². The average Bonchev–Trinajstić information content (AvgIpc) is 2.48. The van der Waals surface area contributed by atoms with E-state index in [4.69, 9.17) is 9.84 Å². The molecule has 0 spiro atoms. The van der Waals surface area contributed by atoms with Crippen molar-refractivity contribution in [3.05, 3.63) is 35.4 Å². The highest BCUT2D eigenvalue weighted by Gasteiger charge is 2.26.